The van der Waals surface area contributed by atoms with Crippen LogP contribution in [0.1, 0.15) is 12.8 Å². The second-order valence-corrected chi connectivity index (χ2v) is 8.37. The molecule has 1 aliphatic carbocycles. The third kappa shape index (κ3) is 4.37. The normalized spacial score (nSPS) is 18.1. The van der Waals surface area contributed by atoms with Crippen molar-refractivity contribution in [3.05, 3.63) is 28.3 Å². The minimum absolute atomic E-state index is 0.140. The third-order valence-electron chi connectivity index (χ3n) is 4.57. The molecule has 2 aliphatic rings. The van der Waals surface area contributed by atoms with E-state index in [0.717, 1.165) is 18.9 Å². The second-order valence-electron chi connectivity index (χ2n) is 6.43. The monoisotopic (exact) mass is 399 g/mol. The summed E-state index contributed by atoms with van der Waals surface area (Å²) in [5, 5.41) is 11.4. The number of hydrogen-bond acceptors (Lipinski definition) is 7. The summed E-state index contributed by atoms with van der Waals surface area (Å²) in [6.45, 7) is 0.592. The number of morpholine rings is 1. The molecule has 0 unspecified atom stereocenters. The topological polar surface area (TPSA) is 119 Å². The van der Waals surface area contributed by atoms with Crippen molar-refractivity contribution in [1.29, 1.82) is 0 Å². The third-order valence-corrected chi connectivity index (χ3v) is 6.47. The molecule has 1 aliphatic heterocycles. The van der Waals surface area contributed by atoms with Crippen LogP contribution in [0.25, 0.3) is 0 Å². The van der Waals surface area contributed by atoms with Crippen molar-refractivity contribution in [1.82, 2.24) is 9.21 Å². The molecule has 1 aromatic rings. The molecule has 0 spiro atoms. The highest BCUT2D eigenvalue weighted by molar-refractivity contribution is 7.89. The summed E-state index contributed by atoms with van der Waals surface area (Å²) in [6.07, 6.45) is 1.88. The second kappa shape index (κ2) is 7.79. The van der Waals surface area contributed by atoms with Gasteiger partial charge in [0.05, 0.1) is 23.0 Å². The Morgan fingerprint density at radius 3 is 2.63 bits per heavy atom. The van der Waals surface area contributed by atoms with Gasteiger partial charge in [0.2, 0.25) is 10.0 Å². The lowest BCUT2D eigenvalue weighted by atomic mass is 10.3. The number of hydrogen-bond donors (Lipinski definition) is 0. The van der Waals surface area contributed by atoms with Gasteiger partial charge < -0.3 is 14.4 Å². The van der Waals surface area contributed by atoms with Crippen molar-refractivity contribution in [2.24, 2.45) is 0 Å². The average Bonchev–Trinajstić information content (AvgIpc) is 3.51. The van der Waals surface area contributed by atoms with Crippen LogP contribution in [0, 0.1) is 10.1 Å². The number of carbonyl (C=O) groups excluding carboxylic acids is 1. The summed E-state index contributed by atoms with van der Waals surface area (Å²) < 4.78 is 37.0. The number of ether oxygens (including phenoxy) is 2. The average molecular weight is 399 g/mol. The lowest BCUT2D eigenvalue weighted by Crippen LogP contribution is -2.40. The highest BCUT2D eigenvalue weighted by Gasteiger charge is 2.31. The molecule has 1 saturated carbocycles. The summed E-state index contributed by atoms with van der Waals surface area (Å²) in [6, 6.07) is 3.64. The Hall–Kier alpha value is -2.24. The molecule has 0 radical (unpaired) electrons. The molecule has 1 aromatic carbocycles. The van der Waals surface area contributed by atoms with Crippen molar-refractivity contribution in [2.75, 3.05) is 40.0 Å². The molecule has 11 heteroatoms. The van der Waals surface area contributed by atoms with Crippen LogP contribution >= 0.6 is 0 Å². The summed E-state index contributed by atoms with van der Waals surface area (Å²) in [4.78, 5) is 24.1. The fraction of sp³-hybridized carbons (Fsp3) is 0.562. The minimum Gasteiger partial charge on any atom is -0.477 e. The van der Waals surface area contributed by atoms with E-state index in [1.807, 2.05) is 0 Å². The Labute approximate surface area is 156 Å². The van der Waals surface area contributed by atoms with Gasteiger partial charge in [0, 0.05) is 32.2 Å². The van der Waals surface area contributed by atoms with Gasteiger partial charge in [0.25, 0.3) is 5.91 Å². The Morgan fingerprint density at radius 2 is 2.04 bits per heavy atom. The fourth-order valence-corrected chi connectivity index (χ4v) is 4.19. The van der Waals surface area contributed by atoms with Gasteiger partial charge in [-0.2, -0.15) is 4.31 Å². The number of nitrogens with zero attached hydrogens (tertiary/aromatic N) is 3. The first-order valence-electron chi connectivity index (χ1n) is 8.55. The maximum atomic E-state index is 12.7. The number of nitro groups is 1. The molecule has 0 N–H and O–H groups in total. The van der Waals surface area contributed by atoms with Crippen LogP contribution in [0.2, 0.25) is 0 Å². The van der Waals surface area contributed by atoms with E-state index in [1.165, 1.54) is 16.4 Å². The molecule has 10 nitrogen and oxygen atoms in total. The number of nitro benzene ring substituents is 1. The molecule has 3 rings (SSSR count). The van der Waals surface area contributed by atoms with Gasteiger partial charge in [0.1, 0.15) is 0 Å². The molecule has 0 atom stereocenters. The van der Waals surface area contributed by atoms with Crippen LogP contribution in [-0.4, -0.2) is 74.5 Å². The molecule has 148 valence electrons. The predicted molar refractivity (Wildman–Crippen MR) is 94.0 cm³/mol. The smallest absolute Gasteiger partial charge is 0.312 e. The van der Waals surface area contributed by atoms with Crippen LogP contribution in [0.3, 0.4) is 0 Å². The summed E-state index contributed by atoms with van der Waals surface area (Å²) in [7, 11) is -2.20. The standard InChI is InChI=1S/C16H21N3O7S/c1-17(12-2-3-12)16(20)11-26-15-5-4-13(10-14(15)19(21)22)27(23,24)18-6-8-25-9-7-18/h4-5,10,12H,2-3,6-9,11H2,1H3. The van der Waals surface area contributed by atoms with Gasteiger partial charge in [-0.1, -0.05) is 0 Å². The zero-order valence-electron chi connectivity index (χ0n) is 14.9. The van der Waals surface area contributed by atoms with Crippen molar-refractivity contribution < 1.29 is 27.6 Å². The summed E-state index contributed by atoms with van der Waals surface area (Å²) in [5.41, 5.74) is -0.494. The van der Waals surface area contributed by atoms with Gasteiger partial charge >= 0.3 is 5.69 Å². The number of sulfonamides is 1. The number of carbonyl (C=O) groups is 1. The van der Waals surface area contributed by atoms with Crippen LogP contribution < -0.4 is 4.74 Å². The van der Waals surface area contributed by atoms with Crippen molar-refractivity contribution in [3.63, 3.8) is 0 Å². The quantitative estimate of drug-likeness (QED) is 0.487. The van der Waals surface area contributed by atoms with Gasteiger partial charge in [-0.15, -0.1) is 0 Å². The van der Waals surface area contributed by atoms with E-state index < -0.39 is 20.6 Å². The zero-order valence-corrected chi connectivity index (χ0v) is 15.7. The highest BCUT2D eigenvalue weighted by Crippen LogP contribution is 2.31. The van der Waals surface area contributed by atoms with Crippen LogP contribution in [-0.2, 0) is 19.6 Å². The van der Waals surface area contributed by atoms with Crippen molar-refractivity contribution in [2.45, 2.75) is 23.8 Å². The minimum atomic E-state index is -3.86. The Bertz CT molecular complexity index is 832. The molecule has 0 aromatic heterocycles. The molecule has 2 fully saturated rings. The van der Waals surface area contributed by atoms with Crippen molar-refractivity contribution in [3.8, 4) is 5.75 Å². The van der Waals surface area contributed by atoms with Gasteiger partial charge in [-0.25, -0.2) is 8.42 Å². The Kier molecular flexibility index (Phi) is 5.63. The first-order chi connectivity index (χ1) is 12.8. The Morgan fingerprint density at radius 1 is 1.37 bits per heavy atom. The van der Waals surface area contributed by atoms with Crippen LogP contribution in [0.5, 0.6) is 5.75 Å². The largest absolute Gasteiger partial charge is 0.477 e. The SMILES string of the molecule is CN(C(=O)COc1ccc(S(=O)(=O)N2CCOCC2)cc1[N+](=O)[O-])C1CC1. The van der Waals surface area contributed by atoms with E-state index in [1.54, 1.807) is 11.9 Å². The molecule has 0 bridgehead atoms. The number of rotatable bonds is 7. The van der Waals surface area contributed by atoms with E-state index in [-0.39, 0.29) is 55.5 Å². The lowest BCUT2D eigenvalue weighted by molar-refractivity contribution is -0.386. The highest BCUT2D eigenvalue weighted by atomic mass is 32.2. The van der Waals surface area contributed by atoms with E-state index in [0.29, 0.717) is 0 Å². The molecule has 1 saturated heterocycles. The summed E-state index contributed by atoms with van der Waals surface area (Å²) >= 11 is 0. The molecular weight excluding hydrogens is 378 g/mol. The van der Waals surface area contributed by atoms with E-state index in [9.17, 15) is 23.3 Å². The van der Waals surface area contributed by atoms with Crippen LogP contribution in [0.15, 0.2) is 23.1 Å². The molecule has 27 heavy (non-hydrogen) atoms. The first kappa shape index (κ1) is 19.5. The lowest BCUT2D eigenvalue weighted by Gasteiger charge is -2.26. The number of likely N-dealkylation sites (N-methyl/N-ethyl adjacent to an activating group) is 1. The van der Waals surface area contributed by atoms with E-state index in [2.05, 4.69) is 0 Å². The number of amides is 1. The predicted octanol–water partition coefficient (Wildman–Crippen LogP) is 0.615. The summed E-state index contributed by atoms with van der Waals surface area (Å²) in [5.74, 6) is -0.421. The van der Waals surface area contributed by atoms with Gasteiger partial charge in [-0.3, -0.25) is 14.9 Å². The number of benzene rings is 1. The Balaban J connectivity index is 1.78. The van der Waals surface area contributed by atoms with Crippen molar-refractivity contribution >= 4 is 21.6 Å². The van der Waals surface area contributed by atoms with E-state index >= 15 is 0 Å². The maximum absolute atomic E-state index is 12.7. The first-order valence-corrected chi connectivity index (χ1v) is 9.99. The fourth-order valence-electron chi connectivity index (χ4n) is 2.77. The van der Waals surface area contributed by atoms with Crippen LogP contribution in [0.4, 0.5) is 5.69 Å². The van der Waals surface area contributed by atoms with Gasteiger partial charge in [-0.05, 0) is 25.0 Å². The molecule has 1 amide bonds. The molecular formula is C16H21N3O7S. The molecule has 1 heterocycles. The van der Waals surface area contributed by atoms with Gasteiger partial charge in [0.15, 0.2) is 12.4 Å². The zero-order chi connectivity index (χ0) is 19.6. The maximum Gasteiger partial charge on any atom is 0.312 e. The van der Waals surface area contributed by atoms with E-state index in [4.69, 9.17) is 9.47 Å².